The Morgan fingerprint density at radius 2 is 2.06 bits per heavy atom. The van der Waals surface area contributed by atoms with E-state index >= 15 is 0 Å². The fraction of sp³-hybridized carbons (Fsp3) is 0.448. The Hall–Kier alpha value is -2.83. The lowest BCUT2D eigenvalue weighted by molar-refractivity contribution is -0.125. The number of aryl methyl sites for hydroxylation is 1. The number of nitrogens with one attached hydrogen (secondary N) is 1. The van der Waals surface area contributed by atoms with Crippen molar-refractivity contribution in [3.05, 3.63) is 76.8 Å². The van der Waals surface area contributed by atoms with E-state index in [-0.39, 0.29) is 11.8 Å². The molecule has 1 unspecified atom stereocenters. The zero-order valence-electron chi connectivity index (χ0n) is 21.4. The Balaban J connectivity index is 1.31. The van der Waals surface area contributed by atoms with Crippen molar-refractivity contribution < 1.29 is 9.21 Å². The summed E-state index contributed by atoms with van der Waals surface area (Å²) < 4.78 is 5.95. The van der Waals surface area contributed by atoms with Crippen LogP contribution in [0.2, 0.25) is 5.02 Å². The van der Waals surface area contributed by atoms with Gasteiger partial charge in [-0.05, 0) is 63.6 Å². The van der Waals surface area contributed by atoms with Gasteiger partial charge in [0.05, 0.1) is 11.6 Å². The van der Waals surface area contributed by atoms with Gasteiger partial charge in [-0.25, -0.2) is 4.98 Å². The fourth-order valence-electron chi connectivity index (χ4n) is 4.84. The number of benzene rings is 1. The zero-order chi connectivity index (χ0) is 25.3. The molecule has 1 N–H and O–H groups in total. The highest BCUT2D eigenvalue weighted by Gasteiger charge is 2.25. The summed E-state index contributed by atoms with van der Waals surface area (Å²) in [5.74, 6) is 1.58. The van der Waals surface area contributed by atoms with E-state index in [0.29, 0.717) is 24.0 Å². The average Bonchev–Trinajstić information content (AvgIpc) is 3.09. The molecule has 1 amide bonds. The molecule has 192 valence electrons. The molecule has 1 saturated heterocycles. The maximum atomic E-state index is 13.1. The van der Waals surface area contributed by atoms with Crippen LogP contribution >= 0.6 is 11.6 Å². The number of likely N-dealkylation sites (tertiary alicyclic amines) is 1. The summed E-state index contributed by atoms with van der Waals surface area (Å²) in [5, 5.41) is 3.90. The van der Waals surface area contributed by atoms with E-state index in [9.17, 15) is 4.79 Å². The molecule has 0 spiro atoms. The van der Waals surface area contributed by atoms with Gasteiger partial charge in [0.2, 0.25) is 11.8 Å². The van der Waals surface area contributed by atoms with Crippen molar-refractivity contribution >= 4 is 17.5 Å². The standard InChI is InChI=1S/C29H37ClN4O2/c1-3-34(26-11-6-4-5-7-12-26)19-17-31-28(35)24-10-8-9-18-33(20-24)21-27-22(2)36-29(32-27)23-13-15-25(30)16-14-23/h4-7,11,13-16,24H,3,8-10,12,17-21H2,1-2H3,(H,31,35). The van der Waals surface area contributed by atoms with E-state index in [1.54, 1.807) is 0 Å². The molecule has 1 aromatic heterocycles. The minimum absolute atomic E-state index is 0.00604. The predicted molar refractivity (Wildman–Crippen MR) is 146 cm³/mol. The SMILES string of the molecule is CCN(CCNC(=O)C1CCCCN(Cc2nc(-c3ccc(Cl)cc3)oc2C)C1)C1=CC=CC=CC1. The summed E-state index contributed by atoms with van der Waals surface area (Å²) in [6, 6.07) is 7.52. The quantitative estimate of drug-likeness (QED) is 0.467. The van der Waals surface area contributed by atoms with Crippen LogP contribution in [0, 0.1) is 12.8 Å². The third-order valence-corrected chi connectivity index (χ3v) is 7.18. The van der Waals surface area contributed by atoms with Crippen LogP contribution < -0.4 is 5.32 Å². The predicted octanol–water partition coefficient (Wildman–Crippen LogP) is 5.74. The third-order valence-electron chi connectivity index (χ3n) is 6.93. The number of hydrogen-bond donors (Lipinski definition) is 1. The molecule has 6 nitrogen and oxygen atoms in total. The van der Waals surface area contributed by atoms with Gasteiger partial charge in [0, 0.05) is 55.4 Å². The van der Waals surface area contributed by atoms with E-state index in [1.165, 1.54) is 5.70 Å². The van der Waals surface area contributed by atoms with Crippen molar-refractivity contribution in [2.75, 3.05) is 32.7 Å². The molecule has 0 saturated carbocycles. The molecule has 1 aromatic carbocycles. The van der Waals surface area contributed by atoms with E-state index in [0.717, 1.165) is 68.9 Å². The smallest absolute Gasteiger partial charge is 0.226 e. The largest absolute Gasteiger partial charge is 0.441 e. The van der Waals surface area contributed by atoms with Crippen LogP contribution in [0.4, 0.5) is 0 Å². The highest BCUT2D eigenvalue weighted by molar-refractivity contribution is 6.30. The maximum absolute atomic E-state index is 13.1. The van der Waals surface area contributed by atoms with Gasteiger partial charge >= 0.3 is 0 Å². The molecule has 0 radical (unpaired) electrons. The highest BCUT2D eigenvalue weighted by atomic mass is 35.5. The first-order valence-electron chi connectivity index (χ1n) is 13.0. The summed E-state index contributed by atoms with van der Waals surface area (Å²) in [5.41, 5.74) is 3.13. The van der Waals surface area contributed by atoms with Crippen LogP contribution in [0.3, 0.4) is 0 Å². The molecule has 36 heavy (non-hydrogen) atoms. The molecule has 1 atom stereocenters. The topological polar surface area (TPSA) is 61.6 Å². The van der Waals surface area contributed by atoms with Gasteiger partial charge in [-0.2, -0.15) is 0 Å². The van der Waals surface area contributed by atoms with Crippen LogP contribution in [0.1, 0.15) is 44.1 Å². The van der Waals surface area contributed by atoms with E-state index in [1.807, 2.05) is 31.2 Å². The molecule has 2 aromatic rings. The molecule has 1 aliphatic heterocycles. The molecule has 4 rings (SSSR count). The van der Waals surface area contributed by atoms with E-state index in [2.05, 4.69) is 52.4 Å². The normalized spacial score (nSPS) is 18.4. The second-order valence-electron chi connectivity index (χ2n) is 9.50. The van der Waals surface area contributed by atoms with Crippen LogP contribution in [0.25, 0.3) is 11.5 Å². The van der Waals surface area contributed by atoms with Gasteiger partial charge in [-0.1, -0.05) is 42.3 Å². The monoisotopic (exact) mass is 508 g/mol. The maximum Gasteiger partial charge on any atom is 0.226 e. The van der Waals surface area contributed by atoms with Gasteiger partial charge in [0.15, 0.2) is 0 Å². The van der Waals surface area contributed by atoms with Gasteiger partial charge in [-0.3, -0.25) is 9.69 Å². The van der Waals surface area contributed by atoms with Gasteiger partial charge < -0.3 is 14.6 Å². The Kier molecular flexibility index (Phi) is 9.42. The van der Waals surface area contributed by atoms with Gasteiger partial charge in [0.25, 0.3) is 0 Å². The first-order valence-corrected chi connectivity index (χ1v) is 13.4. The molecule has 2 heterocycles. The number of oxazole rings is 1. The summed E-state index contributed by atoms with van der Waals surface area (Å²) in [4.78, 5) is 22.5. The lowest BCUT2D eigenvalue weighted by Crippen LogP contribution is -2.41. The van der Waals surface area contributed by atoms with Crippen LogP contribution in [0.5, 0.6) is 0 Å². The van der Waals surface area contributed by atoms with Crippen molar-refractivity contribution in [2.24, 2.45) is 5.92 Å². The van der Waals surface area contributed by atoms with Crippen molar-refractivity contribution in [1.29, 1.82) is 0 Å². The fourth-order valence-corrected chi connectivity index (χ4v) is 4.97. The first-order chi connectivity index (χ1) is 17.5. The second-order valence-corrected chi connectivity index (χ2v) is 9.94. The highest BCUT2D eigenvalue weighted by Crippen LogP contribution is 2.25. The third kappa shape index (κ3) is 7.11. The summed E-state index contributed by atoms with van der Waals surface area (Å²) in [6.07, 6.45) is 14.6. The zero-order valence-corrected chi connectivity index (χ0v) is 22.1. The van der Waals surface area contributed by atoms with E-state index < -0.39 is 0 Å². The van der Waals surface area contributed by atoms with E-state index in [4.69, 9.17) is 21.0 Å². The Morgan fingerprint density at radius 1 is 1.22 bits per heavy atom. The van der Waals surface area contributed by atoms with Crippen molar-refractivity contribution in [1.82, 2.24) is 20.1 Å². The molecule has 1 fully saturated rings. The minimum Gasteiger partial charge on any atom is -0.441 e. The van der Waals surface area contributed by atoms with Crippen molar-refractivity contribution in [2.45, 2.75) is 46.1 Å². The lowest BCUT2D eigenvalue weighted by atomic mass is 10.0. The molecular weight excluding hydrogens is 472 g/mol. The number of carbonyl (C=O) groups excluding carboxylic acids is 1. The summed E-state index contributed by atoms with van der Waals surface area (Å²) in [6.45, 7) is 8.91. The molecular formula is C29H37ClN4O2. The van der Waals surface area contributed by atoms with Crippen LogP contribution in [0.15, 0.2) is 64.8 Å². The number of allylic oxidation sites excluding steroid dienone is 5. The average molecular weight is 509 g/mol. The Morgan fingerprint density at radius 3 is 2.86 bits per heavy atom. The number of nitrogens with zero attached hydrogens (tertiary/aromatic N) is 3. The number of aromatic nitrogens is 1. The Labute approximate surface area is 219 Å². The van der Waals surface area contributed by atoms with Crippen LogP contribution in [-0.2, 0) is 11.3 Å². The second kappa shape index (κ2) is 12.9. The number of carbonyl (C=O) groups is 1. The number of halogens is 1. The minimum atomic E-state index is -0.00604. The van der Waals surface area contributed by atoms with Gasteiger partial charge in [0.1, 0.15) is 5.76 Å². The number of hydrogen-bond acceptors (Lipinski definition) is 5. The Bertz CT molecular complexity index is 1100. The number of rotatable bonds is 9. The molecule has 7 heteroatoms. The summed E-state index contributed by atoms with van der Waals surface area (Å²) in [7, 11) is 0. The van der Waals surface area contributed by atoms with Crippen molar-refractivity contribution in [3.63, 3.8) is 0 Å². The first kappa shape index (κ1) is 26.2. The summed E-state index contributed by atoms with van der Waals surface area (Å²) >= 11 is 6.02. The van der Waals surface area contributed by atoms with Crippen LogP contribution in [-0.4, -0.2) is 53.4 Å². The molecule has 1 aliphatic carbocycles. The number of likely N-dealkylation sites (N-methyl/N-ethyl adjacent to an activating group) is 1. The molecule has 2 aliphatic rings. The van der Waals surface area contributed by atoms with Crippen molar-refractivity contribution in [3.8, 4) is 11.5 Å². The molecule has 0 bridgehead atoms. The number of amides is 1. The lowest BCUT2D eigenvalue weighted by Gasteiger charge is -2.26. The van der Waals surface area contributed by atoms with Gasteiger partial charge in [-0.15, -0.1) is 0 Å².